The van der Waals surface area contributed by atoms with Crippen molar-refractivity contribution in [3.63, 3.8) is 0 Å². The van der Waals surface area contributed by atoms with Crippen molar-refractivity contribution in [2.75, 3.05) is 5.32 Å². The lowest BCUT2D eigenvalue weighted by atomic mass is 9.84. The van der Waals surface area contributed by atoms with Crippen LogP contribution in [-0.2, 0) is 4.79 Å². The third kappa shape index (κ3) is 2.90. The Morgan fingerprint density at radius 3 is 2.65 bits per heavy atom. The molecule has 3 nitrogen and oxygen atoms in total. The average Bonchev–Trinajstić information content (AvgIpc) is 3.14. The molecule has 1 atom stereocenters. The lowest BCUT2D eigenvalue weighted by Gasteiger charge is -2.22. The molecule has 0 spiro atoms. The Kier molecular flexibility index (Phi) is 4.11. The van der Waals surface area contributed by atoms with E-state index in [1.165, 1.54) is 24.2 Å². The average molecular weight is 286 g/mol. The minimum atomic E-state index is -0.0531. The topological polar surface area (TPSA) is 42.0 Å². The summed E-state index contributed by atoms with van der Waals surface area (Å²) < 4.78 is 0. The van der Waals surface area contributed by atoms with Gasteiger partial charge in [-0.15, -0.1) is 11.3 Å². The molecule has 1 saturated carbocycles. The molecule has 0 aliphatic heterocycles. The molecule has 4 heteroatoms. The molecule has 0 saturated heterocycles. The van der Waals surface area contributed by atoms with Gasteiger partial charge in [0, 0.05) is 11.6 Å². The number of anilines is 1. The van der Waals surface area contributed by atoms with Gasteiger partial charge in [-0.3, -0.25) is 4.79 Å². The van der Waals surface area contributed by atoms with Crippen molar-refractivity contribution < 1.29 is 4.79 Å². The molecule has 1 aliphatic carbocycles. The van der Waals surface area contributed by atoms with Crippen LogP contribution in [0.5, 0.6) is 0 Å². The Morgan fingerprint density at radius 1 is 1.25 bits per heavy atom. The van der Waals surface area contributed by atoms with Gasteiger partial charge in [-0.2, -0.15) is 0 Å². The summed E-state index contributed by atoms with van der Waals surface area (Å²) >= 11 is 1.46. The first-order valence-corrected chi connectivity index (χ1v) is 7.98. The van der Waals surface area contributed by atoms with Gasteiger partial charge < -0.3 is 5.32 Å². The summed E-state index contributed by atoms with van der Waals surface area (Å²) in [7, 11) is 0. The number of rotatable bonds is 4. The monoisotopic (exact) mass is 286 g/mol. The van der Waals surface area contributed by atoms with E-state index >= 15 is 0 Å². The van der Waals surface area contributed by atoms with Crippen LogP contribution in [0.4, 0.5) is 5.13 Å². The molecule has 0 bridgehead atoms. The molecule has 104 valence electrons. The maximum absolute atomic E-state index is 12.7. The van der Waals surface area contributed by atoms with Gasteiger partial charge >= 0.3 is 0 Å². The molecule has 3 rings (SSSR count). The summed E-state index contributed by atoms with van der Waals surface area (Å²) in [5, 5.41) is 5.53. The highest BCUT2D eigenvalue weighted by Gasteiger charge is 2.32. The molecule has 1 aliphatic rings. The van der Waals surface area contributed by atoms with Crippen LogP contribution in [0.15, 0.2) is 41.9 Å². The number of nitrogens with one attached hydrogen (secondary N) is 1. The number of nitrogens with zero attached hydrogens (tertiary/aromatic N) is 1. The van der Waals surface area contributed by atoms with E-state index in [9.17, 15) is 4.79 Å². The molecule has 1 heterocycles. The van der Waals surface area contributed by atoms with Gasteiger partial charge in [-0.05, 0) is 24.3 Å². The molecule has 1 aromatic heterocycles. The van der Waals surface area contributed by atoms with Crippen molar-refractivity contribution in [3.05, 3.63) is 47.5 Å². The molecule has 1 amide bonds. The minimum Gasteiger partial charge on any atom is -0.301 e. The number of hydrogen-bond donors (Lipinski definition) is 1. The standard InChI is InChI=1S/C16H18N2OS/c19-15(18-16-17-10-11-20-16)14(13-8-4-5-9-13)12-6-2-1-3-7-12/h1-3,6-7,10-11,13-14H,4-5,8-9H2,(H,17,18,19)/t14-/m0/s1. The SMILES string of the molecule is O=C(Nc1nccs1)[C@@H](c1ccccc1)C1CCCC1. The van der Waals surface area contributed by atoms with Crippen LogP contribution in [0.25, 0.3) is 0 Å². The molecule has 2 aromatic rings. The van der Waals surface area contributed by atoms with E-state index in [4.69, 9.17) is 0 Å². The minimum absolute atomic E-state index is 0.0531. The maximum atomic E-state index is 12.7. The molecule has 1 N–H and O–H groups in total. The zero-order valence-corrected chi connectivity index (χ0v) is 12.1. The van der Waals surface area contributed by atoms with Crippen molar-refractivity contribution in [1.82, 2.24) is 4.98 Å². The van der Waals surface area contributed by atoms with Gasteiger partial charge in [0.1, 0.15) is 0 Å². The Hall–Kier alpha value is -1.68. The maximum Gasteiger partial charge on any atom is 0.233 e. The summed E-state index contributed by atoms with van der Waals surface area (Å²) in [6, 6.07) is 10.1. The summed E-state index contributed by atoms with van der Waals surface area (Å²) in [6.07, 6.45) is 6.47. The number of amides is 1. The van der Waals surface area contributed by atoms with Crippen molar-refractivity contribution in [1.29, 1.82) is 0 Å². The van der Waals surface area contributed by atoms with Crippen LogP contribution >= 0.6 is 11.3 Å². The highest BCUT2D eigenvalue weighted by molar-refractivity contribution is 7.13. The Balaban J connectivity index is 1.83. The third-order valence-corrected chi connectivity index (χ3v) is 4.66. The van der Waals surface area contributed by atoms with E-state index in [2.05, 4.69) is 22.4 Å². The van der Waals surface area contributed by atoms with Crippen LogP contribution < -0.4 is 5.32 Å². The van der Waals surface area contributed by atoms with Crippen LogP contribution in [0.3, 0.4) is 0 Å². The fraction of sp³-hybridized carbons (Fsp3) is 0.375. The normalized spacial score (nSPS) is 17.0. The summed E-state index contributed by atoms with van der Waals surface area (Å²) in [5.74, 6) is 0.484. The van der Waals surface area contributed by atoms with Crippen LogP contribution in [0.1, 0.15) is 37.2 Å². The van der Waals surface area contributed by atoms with Crippen LogP contribution in [-0.4, -0.2) is 10.9 Å². The summed E-state index contributed by atoms with van der Waals surface area (Å²) in [5.41, 5.74) is 1.12. The van der Waals surface area contributed by atoms with Crippen LogP contribution in [0.2, 0.25) is 0 Å². The van der Waals surface area contributed by atoms with E-state index in [0.29, 0.717) is 11.0 Å². The Bertz CT molecular complexity index is 547. The molecular weight excluding hydrogens is 268 g/mol. The fourth-order valence-corrected chi connectivity index (χ4v) is 3.59. The van der Waals surface area contributed by atoms with Gasteiger partial charge in [-0.1, -0.05) is 43.2 Å². The van der Waals surface area contributed by atoms with Crippen molar-refractivity contribution >= 4 is 22.4 Å². The number of carbonyl (C=O) groups excluding carboxylic acids is 1. The Morgan fingerprint density at radius 2 is 2.00 bits per heavy atom. The number of carbonyl (C=O) groups is 1. The summed E-state index contributed by atoms with van der Waals surface area (Å²) in [6.45, 7) is 0. The fourth-order valence-electron chi connectivity index (χ4n) is 3.06. The quantitative estimate of drug-likeness (QED) is 0.921. The predicted octanol–water partition coefficient (Wildman–Crippen LogP) is 4.06. The number of hydrogen-bond acceptors (Lipinski definition) is 3. The van der Waals surface area contributed by atoms with Gasteiger partial charge in [0.25, 0.3) is 0 Å². The van der Waals surface area contributed by atoms with E-state index in [-0.39, 0.29) is 11.8 Å². The largest absolute Gasteiger partial charge is 0.301 e. The Labute approximate surface area is 123 Å². The van der Waals surface area contributed by atoms with Gasteiger partial charge in [-0.25, -0.2) is 4.98 Å². The smallest absolute Gasteiger partial charge is 0.233 e. The van der Waals surface area contributed by atoms with Crippen molar-refractivity contribution in [2.45, 2.75) is 31.6 Å². The second-order valence-electron chi connectivity index (χ2n) is 5.26. The predicted molar refractivity (Wildman–Crippen MR) is 81.9 cm³/mol. The molecule has 0 unspecified atom stereocenters. The molecule has 0 radical (unpaired) electrons. The van der Waals surface area contributed by atoms with E-state index in [0.717, 1.165) is 18.4 Å². The van der Waals surface area contributed by atoms with Crippen LogP contribution in [0, 0.1) is 5.92 Å². The highest BCUT2D eigenvalue weighted by Crippen LogP contribution is 2.38. The first-order valence-electron chi connectivity index (χ1n) is 7.10. The highest BCUT2D eigenvalue weighted by atomic mass is 32.1. The zero-order chi connectivity index (χ0) is 13.8. The number of benzene rings is 1. The lowest BCUT2D eigenvalue weighted by Crippen LogP contribution is -2.26. The van der Waals surface area contributed by atoms with E-state index < -0.39 is 0 Å². The number of aromatic nitrogens is 1. The second kappa shape index (κ2) is 6.18. The molecular formula is C16H18N2OS. The molecule has 20 heavy (non-hydrogen) atoms. The van der Waals surface area contributed by atoms with E-state index in [1.807, 2.05) is 23.6 Å². The zero-order valence-electron chi connectivity index (χ0n) is 11.3. The lowest BCUT2D eigenvalue weighted by molar-refractivity contribution is -0.118. The summed E-state index contributed by atoms with van der Waals surface area (Å²) in [4.78, 5) is 16.8. The first kappa shape index (κ1) is 13.3. The first-order chi connectivity index (χ1) is 9.84. The third-order valence-electron chi connectivity index (χ3n) is 3.97. The second-order valence-corrected chi connectivity index (χ2v) is 6.15. The van der Waals surface area contributed by atoms with E-state index in [1.54, 1.807) is 6.20 Å². The van der Waals surface area contributed by atoms with Gasteiger partial charge in [0.05, 0.1) is 5.92 Å². The molecule has 1 fully saturated rings. The van der Waals surface area contributed by atoms with Gasteiger partial charge in [0.15, 0.2) is 5.13 Å². The van der Waals surface area contributed by atoms with Crippen molar-refractivity contribution in [2.24, 2.45) is 5.92 Å². The molecule has 1 aromatic carbocycles. The number of thiazole rings is 1. The van der Waals surface area contributed by atoms with Gasteiger partial charge in [0.2, 0.25) is 5.91 Å². The van der Waals surface area contributed by atoms with Crippen molar-refractivity contribution in [3.8, 4) is 0 Å².